The first-order valence-electron chi connectivity index (χ1n) is 4.74. The van der Waals surface area contributed by atoms with Crippen LogP contribution in [-0.2, 0) is 6.42 Å². The van der Waals surface area contributed by atoms with Crippen molar-refractivity contribution in [3.05, 3.63) is 27.6 Å². The molecular formula is C10H10IN3S2. The highest BCUT2D eigenvalue weighted by Gasteiger charge is 2.07. The molecule has 0 saturated heterocycles. The summed E-state index contributed by atoms with van der Waals surface area (Å²) >= 11 is 5.25. The lowest BCUT2D eigenvalue weighted by molar-refractivity contribution is 0.971. The second kappa shape index (κ2) is 5.33. The van der Waals surface area contributed by atoms with Gasteiger partial charge in [0.05, 0.1) is 0 Å². The van der Waals surface area contributed by atoms with Crippen molar-refractivity contribution < 1.29 is 0 Å². The number of nitrogens with two attached hydrogens (primary N) is 1. The fourth-order valence-electron chi connectivity index (χ4n) is 1.13. The van der Waals surface area contributed by atoms with Crippen molar-refractivity contribution in [2.75, 3.05) is 5.73 Å². The summed E-state index contributed by atoms with van der Waals surface area (Å²) in [5, 5.41) is 0. The van der Waals surface area contributed by atoms with Crippen molar-refractivity contribution >= 4 is 51.6 Å². The Morgan fingerprint density at radius 1 is 1.50 bits per heavy atom. The molecule has 3 nitrogen and oxygen atoms in total. The van der Waals surface area contributed by atoms with Crippen LogP contribution >= 0.6 is 45.9 Å². The number of hydrogen-bond donors (Lipinski definition) is 1. The molecule has 0 aliphatic rings. The molecule has 0 unspecified atom stereocenters. The van der Waals surface area contributed by atoms with Gasteiger partial charge in [-0.2, -0.15) is 4.37 Å². The van der Waals surface area contributed by atoms with Crippen LogP contribution in [0.1, 0.15) is 12.7 Å². The lowest BCUT2D eigenvalue weighted by Crippen LogP contribution is -1.89. The third-order valence-electron chi connectivity index (χ3n) is 1.93. The van der Waals surface area contributed by atoms with Crippen LogP contribution in [0.3, 0.4) is 0 Å². The number of aromatic nitrogens is 2. The Hall–Kier alpha value is -0.340. The Bertz CT molecular complexity index is 499. The lowest BCUT2D eigenvalue weighted by atomic mass is 10.3. The quantitative estimate of drug-likeness (QED) is 0.671. The molecule has 0 atom stereocenters. The van der Waals surface area contributed by atoms with Gasteiger partial charge in [-0.3, -0.25) is 0 Å². The van der Waals surface area contributed by atoms with Gasteiger partial charge in [0.25, 0.3) is 0 Å². The van der Waals surface area contributed by atoms with Gasteiger partial charge < -0.3 is 5.73 Å². The molecule has 1 heterocycles. The number of anilines is 1. The number of benzene rings is 1. The van der Waals surface area contributed by atoms with Crippen molar-refractivity contribution in [3.63, 3.8) is 0 Å². The number of hydrogen-bond acceptors (Lipinski definition) is 5. The summed E-state index contributed by atoms with van der Waals surface area (Å²) < 4.78 is 6.34. The third kappa shape index (κ3) is 2.86. The smallest absolute Gasteiger partial charge is 0.174 e. The highest BCUT2D eigenvalue weighted by Crippen LogP contribution is 2.33. The van der Waals surface area contributed by atoms with Crippen LogP contribution in [0.2, 0.25) is 0 Å². The SMILES string of the molecule is CCc1nsc(Sc2ccc(I)cc2N)n1. The number of rotatable bonds is 3. The molecule has 16 heavy (non-hydrogen) atoms. The molecule has 0 saturated carbocycles. The van der Waals surface area contributed by atoms with Gasteiger partial charge in [0.1, 0.15) is 5.82 Å². The van der Waals surface area contributed by atoms with Gasteiger partial charge in [-0.15, -0.1) is 0 Å². The van der Waals surface area contributed by atoms with E-state index in [0.717, 1.165) is 30.7 Å². The van der Waals surface area contributed by atoms with E-state index in [1.54, 1.807) is 11.8 Å². The molecule has 0 amide bonds. The average molecular weight is 363 g/mol. The first-order valence-corrected chi connectivity index (χ1v) is 7.41. The topological polar surface area (TPSA) is 51.8 Å². The molecule has 2 aromatic rings. The predicted octanol–water partition coefficient (Wildman–Crippen LogP) is 3.44. The maximum atomic E-state index is 5.94. The molecule has 84 valence electrons. The van der Waals surface area contributed by atoms with Gasteiger partial charge in [-0.25, -0.2) is 4.98 Å². The fraction of sp³-hybridized carbons (Fsp3) is 0.200. The van der Waals surface area contributed by atoms with Crippen LogP contribution < -0.4 is 5.73 Å². The normalized spacial score (nSPS) is 10.6. The number of nitrogens with zero attached hydrogens (tertiary/aromatic N) is 2. The Labute approximate surface area is 116 Å². The Kier molecular flexibility index (Phi) is 4.04. The summed E-state index contributed by atoms with van der Waals surface area (Å²) in [6, 6.07) is 6.03. The van der Waals surface area contributed by atoms with Gasteiger partial charge in [-0.1, -0.05) is 18.7 Å². The number of nitrogen functional groups attached to an aromatic ring is 1. The molecule has 0 bridgehead atoms. The second-order valence-electron chi connectivity index (χ2n) is 3.11. The van der Waals surface area contributed by atoms with Gasteiger partial charge in [0, 0.05) is 20.6 Å². The van der Waals surface area contributed by atoms with E-state index in [-0.39, 0.29) is 0 Å². The van der Waals surface area contributed by atoms with E-state index in [2.05, 4.69) is 38.9 Å². The Morgan fingerprint density at radius 3 is 2.94 bits per heavy atom. The molecule has 2 rings (SSSR count). The van der Waals surface area contributed by atoms with Crippen molar-refractivity contribution in [2.45, 2.75) is 22.6 Å². The zero-order valence-corrected chi connectivity index (χ0v) is 12.4. The standard InChI is InChI=1S/C10H10IN3S2/c1-2-9-13-10(16-14-9)15-8-4-3-6(11)5-7(8)12/h3-5H,2,12H2,1H3. The molecule has 6 heteroatoms. The summed E-state index contributed by atoms with van der Waals surface area (Å²) in [4.78, 5) is 5.44. The van der Waals surface area contributed by atoms with Crippen molar-refractivity contribution in [3.8, 4) is 0 Å². The molecule has 1 aromatic heterocycles. The molecule has 0 fully saturated rings. The van der Waals surface area contributed by atoms with Gasteiger partial charge >= 0.3 is 0 Å². The second-order valence-corrected chi connectivity index (χ2v) is 6.40. The van der Waals surface area contributed by atoms with E-state index in [1.165, 1.54) is 11.5 Å². The summed E-state index contributed by atoms with van der Waals surface area (Å²) in [7, 11) is 0. The number of aryl methyl sites for hydroxylation is 1. The molecular weight excluding hydrogens is 353 g/mol. The third-order valence-corrected chi connectivity index (χ3v) is 4.49. The van der Waals surface area contributed by atoms with Crippen LogP contribution in [0.15, 0.2) is 27.4 Å². The summed E-state index contributed by atoms with van der Waals surface area (Å²) in [5.41, 5.74) is 6.74. The monoisotopic (exact) mass is 363 g/mol. The minimum Gasteiger partial charge on any atom is -0.398 e. The van der Waals surface area contributed by atoms with Gasteiger partial charge in [0.2, 0.25) is 0 Å². The van der Waals surface area contributed by atoms with E-state index >= 15 is 0 Å². The fourth-order valence-corrected chi connectivity index (χ4v) is 3.33. The minimum absolute atomic E-state index is 0.796. The first kappa shape index (κ1) is 12.1. The predicted molar refractivity (Wildman–Crippen MR) is 77.0 cm³/mol. The van der Waals surface area contributed by atoms with Crippen molar-refractivity contribution in [1.82, 2.24) is 9.36 Å². The maximum Gasteiger partial charge on any atom is 0.174 e. The Morgan fingerprint density at radius 2 is 2.31 bits per heavy atom. The molecule has 0 aliphatic carbocycles. The lowest BCUT2D eigenvalue weighted by Gasteiger charge is -2.02. The summed E-state index contributed by atoms with van der Waals surface area (Å²) in [5.74, 6) is 0.900. The van der Waals surface area contributed by atoms with E-state index in [4.69, 9.17) is 5.73 Å². The van der Waals surface area contributed by atoms with Gasteiger partial charge in [0.15, 0.2) is 4.34 Å². The molecule has 2 N–H and O–H groups in total. The number of halogens is 1. The van der Waals surface area contributed by atoms with Crippen LogP contribution in [0.4, 0.5) is 5.69 Å². The molecule has 0 spiro atoms. The van der Waals surface area contributed by atoms with E-state index in [9.17, 15) is 0 Å². The first-order chi connectivity index (χ1) is 7.69. The maximum absolute atomic E-state index is 5.94. The van der Waals surface area contributed by atoms with Crippen molar-refractivity contribution in [2.24, 2.45) is 0 Å². The van der Waals surface area contributed by atoms with Gasteiger partial charge in [-0.05, 0) is 52.3 Å². The largest absolute Gasteiger partial charge is 0.398 e. The highest BCUT2D eigenvalue weighted by atomic mass is 127. The summed E-state index contributed by atoms with van der Waals surface area (Å²) in [6.45, 7) is 2.05. The van der Waals surface area contributed by atoms with E-state index < -0.39 is 0 Å². The molecule has 0 radical (unpaired) electrons. The minimum atomic E-state index is 0.796. The van der Waals surface area contributed by atoms with E-state index in [0.29, 0.717) is 0 Å². The Balaban J connectivity index is 2.20. The molecule has 1 aromatic carbocycles. The summed E-state index contributed by atoms with van der Waals surface area (Å²) in [6.07, 6.45) is 0.874. The zero-order valence-electron chi connectivity index (χ0n) is 8.61. The van der Waals surface area contributed by atoms with Crippen molar-refractivity contribution in [1.29, 1.82) is 0 Å². The zero-order chi connectivity index (χ0) is 11.5. The van der Waals surface area contributed by atoms with Crippen LogP contribution in [0, 0.1) is 3.57 Å². The van der Waals surface area contributed by atoms with Crippen LogP contribution in [0.25, 0.3) is 0 Å². The van der Waals surface area contributed by atoms with Crippen LogP contribution in [0.5, 0.6) is 0 Å². The molecule has 0 aliphatic heterocycles. The average Bonchev–Trinajstić information content (AvgIpc) is 2.70. The van der Waals surface area contributed by atoms with Crippen LogP contribution in [-0.4, -0.2) is 9.36 Å². The highest BCUT2D eigenvalue weighted by molar-refractivity contribution is 14.1. The van der Waals surface area contributed by atoms with E-state index in [1.807, 2.05) is 18.2 Å².